The highest BCUT2D eigenvalue weighted by molar-refractivity contribution is 9.10. The molecule has 5 heteroatoms. The van der Waals surface area contributed by atoms with Gasteiger partial charge in [-0.3, -0.25) is 0 Å². The maximum absolute atomic E-state index is 5.53. The topological polar surface area (TPSA) is 38.9 Å². The number of nitrogens with zero attached hydrogens (tertiary/aromatic N) is 2. The molecule has 0 atom stereocenters. The molecule has 0 amide bonds. The number of benzene rings is 1. The van der Waals surface area contributed by atoms with Gasteiger partial charge in [0.2, 0.25) is 5.82 Å². The van der Waals surface area contributed by atoms with E-state index in [-0.39, 0.29) is 5.35 Å². The predicted molar refractivity (Wildman–Crippen MR) is 57.2 cm³/mol. The monoisotopic (exact) mass is 272 g/mol. The minimum Gasteiger partial charge on any atom is -0.321 e. The molecule has 2 aromatic rings. The minimum absolute atomic E-state index is 0.0525. The molecule has 3 nitrogen and oxygen atoms in total. The number of hydrogen-bond acceptors (Lipinski definition) is 3. The fourth-order valence-electron chi connectivity index (χ4n) is 1.05. The summed E-state index contributed by atoms with van der Waals surface area (Å²) < 4.78 is 5.69. The molecule has 0 fully saturated rings. The van der Waals surface area contributed by atoms with E-state index >= 15 is 0 Å². The molecular formula is C9H6BrClN2O. The largest absolute Gasteiger partial charge is 0.321 e. The molecule has 1 aromatic heterocycles. The summed E-state index contributed by atoms with van der Waals surface area (Å²) in [7, 11) is 0. The molecular weight excluding hydrogens is 267 g/mol. The van der Waals surface area contributed by atoms with Crippen molar-refractivity contribution in [3.8, 4) is 11.4 Å². The standard InChI is InChI=1S/C9H6BrClN2O/c1-5-2-3-6(4-7(5)10)8-12-9(11)14-13-8/h2-4H,1H3. The SMILES string of the molecule is Cc1ccc(-c2noc(Cl)n2)cc1Br. The van der Waals surface area contributed by atoms with Crippen molar-refractivity contribution in [1.29, 1.82) is 0 Å². The molecule has 2 rings (SSSR count). The van der Waals surface area contributed by atoms with Gasteiger partial charge in [0, 0.05) is 10.0 Å². The Balaban J connectivity index is 2.47. The lowest BCUT2D eigenvalue weighted by molar-refractivity contribution is 0.421. The first-order chi connectivity index (χ1) is 6.66. The third-order valence-electron chi connectivity index (χ3n) is 1.83. The van der Waals surface area contributed by atoms with Crippen molar-refractivity contribution in [2.45, 2.75) is 6.92 Å². The third-order valence-corrected chi connectivity index (χ3v) is 2.84. The smallest absolute Gasteiger partial charge is 0.320 e. The molecule has 0 spiro atoms. The van der Waals surface area contributed by atoms with Gasteiger partial charge in [0.1, 0.15) is 0 Å². The first-order valence-corrected chi connectivity index (χ1v) is 5.09. The quantitative estimate of drug-likeness (QED) is 0.798. The molecule has 0 aliphatic carbocycles. The normalized spacial score (nSPS) is 10.5. The predicted octanol–water partition coefficient (Wildman–Crippen LogP) is 3.46. The van der Waals surface area contributed by atoms with Crippen LogP contribution in [0.4, 0.5) is 0 Å². The average molecular weight is 274 g/mol. The van der Waals surface area contributed by atoms with Gasteiger partial charge in [0.05, 0.1) is 0 Å². The van der Waals surface area contributed by atoms with E-state index in [1.807, 2.05) is 25.1 Å². The maximum atomic E-state index is 5.53. The molecule has 0 radical (unpaired) electrons. The van der Waals surface area contributed by atoms with Crippen LogP contribution in [0.15, 0.2) is 27.2 Å². The summed E-state index contributed by atoms with van der Waals surface area (Å²) in [5, 5.41) is 3.77. The summed E-state index contributed by atoms with van der Waals surface area (Å²) >= 11 is 8.96. The summed E-state index contributed by atoms with van der Waals surface area (Å²) in [5.74, 6) is 0.496. The molecule has 0 unspecified atom stereocenters. The van der Waals surface area contributed by atoms with Crippen LogP contribution in [0, 0.1) is 6.92 Å². The van der Waals surface area contributed by atoms with E-state index in [1.54, 1.807) is 0 Å². The van der Waals surface area contributed by atoms with Gasteiger partial charge in [-0.15, -0.1) is 0 Å². The van der Waals surface area contributed by atoms with Gasteiger partial charge in [-0.1, -0.05) is 33.2 Å². The molecule has 0 bridgehead atoms. The maximum Gasteiger partial charge on any atom is 0.320 e. The summed E-state index contributed by atoms with van der Waals surface area (Å²) in [6, 6.07) is 5.82. The Kier molecular flexibility index (Phi) is 2.56. The second-order valence-corrected chi connectivity index (χ2v) is 4.01. The number of hydrogen-bond donors (Lipinski definition) is 0. The zero-order chi connectivity index (χ0) is 10.1. The van der Waals surface area contributed by atoms with Crippen LogP contribution in [0.3, 0.4) is 0 Å². The van der Waals surface area contributed by atoms with Crippen LogP contribution < -0.4 is 0 Å². The van der Waals surface area contributed by atoms with E-state index in [9.17, 15) is 0 Å². The lowest BCUT2D eigenvalue weighted by Crippen LogP contribution is -1.82. The summed E-state index contributed by atoms with van der Waals surface area (Å²) in [5.41, 5.74) is 2.03. The van der Waals surface area contributed by atoms with Crippen molar-refractivity contribution in [3.05, 3.63) is 33.6 Å². The Bertz CT molecular complexity index is 470. The van der Waals surface area contributed by atoms with Gasteiger partial charge in [-0.25, -0.2) is 0 Å². The highest BCUT2D eigenvalue weighted by Crippen LogP contribution is 2.24. The third kappa shape index (κ3) is 1.81. The van der Waals surface area contributed by atoms with Gasteiger partial charge in [-0.05, 0) is 30.2 Å². The van der Waals surface area contributed by atoms with E-state index in [2.05, 4.69) is 30.6 Å². The van der Waals surface area contributed by atoms with Crippen LogP contribution in [0.2, 0.25) is 5.35 Å². The average Bonchev–Trinajstić information content (AvgIpc) is 2.57. The van der Waals surface area contributed by atoms with Gasteiger partial charge in [0.15, 0.2) is 0 Å². The van der Waals surface area contributed by atoms with Crippen molar-refractivity contribution in [3.63, 3.8) is 0 Å². The Morgan fingerprint density at radius 2 is 2.21 bits per heavy atom. The van der Waals surface area contributed by atoms with Crippen molar-refractivity contribution >= 4 is 27.5 Å². The zero-order valence-electron chi connectivity index (χ0n) is 7.29. The molecule has 1 heterocycles. The summed E-state index contributed by atoms with van der Waals surface area (Å²) in [6.45, 7) is 2.01. The van der Waals surface area contributed by atoms with Crippen LogP contribution in [0.25, 0.3) is 11.4 Å². The Morgan fingerprint density at radius 1 is 1.43 bits per heavy atom. The second-order valence-electron chi connectivity index (χ2n) is 2.83. The second kappa shape index (κ2) is 3.71. The van der Waals surface area contributed by atoms with Crippen molar-refractivity contribution < 1.29 is 4.52 Å². The lowest BCUT2D eigenvalue weighted by atomic mass is 10.1. The van der Waals surface area contributed by atoms with Crippen molar-refractivity contribution in [2.24, 2.45) is 0 Å². The van der Waals surface area contributed by atoms with E-state index < -0.39 is 0 Å². The molecule has 1 aromatic carbocycles. The van der Waals surface area contributed by atoms with Gasteiger partial charge in [-0.2, -0.15) is 4.98 Å². The van der Waals surface area contributed by atoms with Gasteiger partial charge < -0.3 is 4.52 Å². The fourth-order valence-corrected chi connectivity index (χ4v) is 1.55. The lowest BCUT2D eigenvalue weighted by Gasteiger charge is -1.98. The van der Waals surface area contributed by atoms with Crippen LogP contribution in [-0.2, 0) is 0 Å². The highest BCUT2D eigenvalue weighted by Gasteiger charge is 2.07. The molecule has 0 aliphatic rings. The Hall–Kier alpha value is -0.870. The number of aromatic nitrogens is 2. The van der Waals surface area contributed by atoms with Crippen LogP contribution in [0.5, 0.6) is 0 Å². The van der Waals surface area contributed by atoms with E-state index in [1.165, 1.54) is 0 Å². The molecule has 0 saturated heterocycles. The van der Waals surface area contributed by atoms with E-state index in [0.717, 1.165) is 15.6 Å². The Labute approximate surface area is 94.2 Å². The van der Waals surface area contributed by atoms with Gasteiger partial charge >= 0.3 is 5.35 Å². The Morgan fingerprint density at radius 3 is 2.79 bits per heavy atom. The molecule has 14 heavy (non-hydrogen) atoms. The van der Waals surface area contributed by atoms with E-state index in [4.69, 9.17) is 11.6 Å². The number of aryl methyl sites for hydroxylation is 1. The van der Waals surface area contributed by atoms with Crippen molar-refractivity contribution in [1.82, 2.24) is 10.1 Å². The summed E-state index contributed by atoms with van der Waals surface area (Å²) in [6.07, 6.45) is 0. The van der Waals surface area contributed by atoms with E-state index in [0.29, 0.717) is 5.82 Å². The first-order valence-electron chi connectivity index (χ1n) is 3.92. The zero-order valence-corrected chi connectivity index (χ0v) is 9.63. The number of halogens is 2. The first kappa shape index (κ1) is 9.68. The minimum atomic E-state index is 0.0525. The molecule has 72 valence electrons. The van der Waals surface area contributed by atoms with Crippen LogP contribution >= 0.6 is 27.5 Å². The molecule has 0 saturated carbocycles. The fraction of sp³-hybridized carbons (Fsp3) is 0.111. The summed E-state index contributed by atoms with van der Waals surface area (Å²) in [4.78, 5) is 3.92. The van der Waals surface area contributed by atoms with Crippen LogP contribution in [-0.4, -0.2) is 10.1 Å². The van der Waals surface area contributed by atoms with Crippen LogP contribution in [0.1, 0.15) is 5.56 Å². The van der Waals surface area contributed by atoms with Crippen molar-refractivity contribution in [2.75, 3.05) is 0 Å². The molecule has 0 N–H and O–H groups in total. The highest BCUT2D eigenvalue weighted by atomic mass is 79.9. The number of rotatable bonds is 1. The molecule has 0 aliphatic heterocycles. The van der Waals surface area contributed by atoms with Gasteiger partial charge in [0.25, 0.3) is 0 Å².